The zero-order chi connectivity index (χ0) is 14.8. The topological polar surface area (TPSA) is 107 Å². The van der Waals surface area contributed by atoms with Crippen molar-refractivity contribution in [3.05, 3.63) is 0 Å². The minimum Gasteiger partial charge on any atom is -0.478 e. The van der Waals surface area contributed by atoms with Gasteiger partial charge in [-0.15, -0.1) is 0 Å². The summed E-state index contributed by atoms with van der Waals surface area (Å²) < 4.78 is 2.44. The van der Waals surface area contributed by atoms with Gasteiger partial charge in [-0.25, -0.2) is 4.79 Å². The van der Waals surface area contributed by atoms with Crippen molar-refractivity contribution in [2.45, 2.75) is 23.6 Å². The number of esters is 1. The van der Waals surface area contributed by atoms with E-state index in [0.29, 0.717) is 6.61 Å². The van der Waals surface area contributed by atoms with Gasteiger partial charge in [-0.3, -0.25) is 9.59 Å². The molecule has 0 rings (SSSR count). The number of carbonyl (C=O) groups is 3. The molecule has 0 aliphatic heterocycles. The van der Waals surface area contributed by atoms with Crippen molar-refractivity contribution in [3.8, 4) is 0 Å². The molecule has 0 bridgehead atoms. The molecule has 0 amide bonds. The van der Waals surface area contributed by atoms with E-state index in [4.69, 9.17) is 45.6 Å². The van der Waals surface area contributed by atoms with Gasteiger partial charge in [0, 0.05) is 6.42 Å². The van der Waals surface area contributed by atoms with E-state index in [2.05, 4.69) is 4.74 Å². The SMILES string of the molecule is CCOC(=O)CCC(=O)CN.O=C(O)C(Cl)(Cl)Cl. The minimum absolute atomic E-state index is 0.000590. The summed E-state index contributed by atoms with van der Waals surface area (Å²) in [6.07, 6.45) is 0.333. The van der Waals surface area contributed by atoms with Crippen molar-refractivity contribution in [3.63, 3.8) is 0 Å². The number of hydrogen-bond acceptors (Lipinski definition) is 5. The molecule has 0 saturated carbocycles. The monoisotopic (exact) mass is 321 g/mol. The van der Waals surface area contributed by atoms with Gasteiger partial charge >= 0.3 is 11.9 Å². The maximum Gasteiger partial charge on any atom is 0.356 e. The highest BCUT2D eigenvalue weighted by Crippen LogP contribution is 2.25. The molecule has 0 aliphatic rings. The number of ketones is 1. The zero-order valence-electron chi connectivity index (χ0n) is 9.62. The third kappa shape index (κ3) is 13.5. The van der Waals surface area contributed by atoms with Crippen LogP contribution in [-0.4, -0.2) is 39.8 Å². The number of alkyl halides is 3. The lowest BCUT2D eigenvalue weighted by molar-refractivity contribution is -0.144. The summed E-state index contributed by atoms with van der Waals surface area (Å²) in [5.74, 6) is -1.91. The van der Waals surface area contributed by atoms with E-state index in [9.17, 15) is 14.4 Å². The van der Waals surface area contributed by atoms with Crippen LogP contribution >= 0.6 is 34.8 Å². The fourth-order valence-corrected chi connectivity index (χ4v) is 0.577. The third-order valence-corrected chi connectivity index (χ3v) is 1.87. The van der Waals surface area contributed by atoms with Crippen molar-refractivity contribution in [1.82, 2.24) is 0 Å². The number of Topliss-reactive ketones (excluding diaryl/α,β-unsaturated/α-hetero) is 1. The molecule has 0 radical (unpaired) electrons. The number of aliphatic carboxylic acids is 1. The number of hydrogen-bond donors (Lipinski definition) is 2. The Hall–Kier alpha value is -0.560. The summed E-state index contributed by atoms with van der Waals surface area (Å²) in [7, 11) is 0. The van der Waals surface area contributed by atoms with E-state index >= 15 is 0 Å². The molecule has 0 heterocycles. The molecule has 0 atom stereocenters. The van der Waals surface area contributed by atoms with E-state index in [0.717, 1.165) is 0 Å². The molecule has 0 saturated heterocycles. The van der Waals surface area contributed by atoms with Crippen LogP contribution in [0.1, 0.15) is 19.8 Å². The van der Waals surface area contributed by atoms with Crippen LogP contribution in [0.25, 0.3) is 0 Å². The fourth-order valence-electron chi connectivity index (χ4n) is 0.577. The quantitative estimate of drug-likeness (QED) is 0.583. The second kappa shape index (κ2) is 10.4. The van der Waals surface area contributed by atoms with Gasteiger partial charge < -0.3 is 15.6 Å². The molecule has 3 N–H and O–H groups in total. The Morgan fingerprint density at radius 1 is 1.22 bits per heavy atom. The highest BCUT2D eigenvalue weighted by atomic mass is 35.6. The van der Waals surface area contributed by atoms with Crippen LogP contribution < -0.4 is 5.73 Å². The van der Waals surface area contributed by atoms with Gasteiger partial charge in [-0.2, -0.15) is 0 Å². The molecule has 0 aromatic heterocycles. The first-order valence-electron chi connectivity index (χ1n) is 4.82. The van der Waals surface area contributed by atoms with Crippen LogP contribution in [0.3, 0.4) is 0 Å². The summed E-state index contributed by atoms with van der Waals surface area (Å²) >= 11 is 14.4. The van der Waals surface area contributed by atoms with Gasteiger partial charge in [0.1, 0.15) is 5.78 Å². The molecule has 0 fully saturated rings. The van der Waals surface area contributed by atoms with E-state index in [1.807, 2.05) is 0 Å². The van der Waals surface area contributed by atoms with Crippen molar-refractivity contribution in [1.29, 1.82) is 0 Å². The second-order valence-electron chi connectivity index (χ2n) is 2.85. The molecule has 106 valence electrons. The number of carboxylic acid groups (broad SMARTS) is 1. The molecule has 18 heavy (non-hydrogen) atoms. The summed E-state index contributed by atoms with van der Waals surface area (Å²) in [6, 6.07) is 0. The molecule has 0 spiro atoms. The minimum atomic E-state index is -2.17. The average Bonchev–Trinajstić information content (AvgIpc) is 2.25. The molecular formula is C9H14Cl3NO5. The number of carboxylic acids is 1. The normalized spacial score (nSPS) is 10.1. The molecule has 0 unspecified atom stereocenters. The summed E-state index contributed by atoms with van der Waals surface area (Å²) in [5.41, 5.74) is 5.03. The summed E-state index contributed by atoms with van der Waals surface area (Å²) in [5, 5.41) is 7.85. The predicted molar refractivity (Wildman–Crippen MR) is 67.9 cm³/mol. The Labute approximate surface area is 119 Å². The Morgan fingerprint density at radius 3 is 1.94 bits per heavy atom. The highest BCUT2D eigenvalue weighted by Gasteiger charge is 2.29. The summed E-state index contributed by atoms with van der Waals surface area (Å²) in [6.45, 7) is 2.08. The maximum atomic E-state index is 10.6. The first kappa shape index (κ1) is 19.8. The van der Waals surface area contributed by atoms with Gasteiger partial charge in [0.05, 0.1) is 19.6 Å². The van der Waals surface area contributed by atoms with E-state index < -0.39 is 9.76 Å². The standard InChI is InChI=1S/C7H13NO3.C2HCl3O2/c1-2-11-7(10)4-3-6(9)5-8;3-2(4,5)1(6)7/h2-5,8H2,1H3;(H,6,7). The smallest absolute Gasteiger partial charge is 0.356 e. The van der Waals surface area contributed by atoms with Crippen LogP contribution in [-0.2, 0) is 19.1 Å². The van der Waals surface area contributed by atoms with Crippen LogP contribution in [0, 0.1) is 0 Å². The molecule has 0 aliphatic carbocycles. The van der Waals surface area contributed by atoms with Crippen LogP contribution in [0.2, 0.25) is 0 Å². The Bertz CT molecular complexity index is 290. The average molecular weight is 323 g/mol. The molecular weight excluding hydrogens is 308 g/mol. The molecule has 0 aromatic rings. The van der Waals surface area contributed by atoms with Gasteiger partial charge in [-0.05, 0) is 6.92 Å². The number of ether oxygens (including phenoxy) is 1. The van der Waals surface area contributed by atoms with Crippen molar-refractivity contribution < 1.29 is 24.2 Å². The number of rotatable bonds is 5. The molecule has 6 nitrogen and oxygen atoms in total. The van der Waals surface area contributed by atoms with Crippen molar-refractivity contribution >= 4 is 52.5 Å². The maximum absolute atomic E-state index is 10.6. The van der Waals surface area contributed by atoms with Crippen molar-refractivity contribution in [2.75, 3.05) is 13.2 Å². The Morgan fingerprint density at radius 2 is 1.67 bits per heavy atom. The predicted octanol–water partition coefficient (Wildman–Crippen LogP) is 1.30. The summed E-state index contributed by atoms with van der Waals surface area (Å²) in [4.78, 5) is 30.9. The first-order valence-corrected chi connectivity index (χ1v) is 5.96. The van der Waals surface area contributed by atoms with E-state index in [1.54, 1.807) is 6.92 Å². The van der Waals surface area contributed by atoms with Crippen LogP contribution in [0.4, 0.5) is 0 Å². The number of halogens is 3. The Balaban J connectivity index is 0. The van der Waals surface area contributed by atoms with Crippen LogP contribution in [0.5, 0.6) is 0 Å². The van der Waals surface area contributed by atoms with Gasteiger partial charge in [0.25, 0.3) is 3.79 Å². The van der Waals surface area contributed by atoms with Crippen molar-refractivity contribution in [2.24, 2.45) is 5.73 Å². The second-order valence-corrected chi connectivity index (χ2v) is 5.13. The number of nitrogens with two attached hydrogens (primary N) is 1. The van der Waals surface area contributed by atoms with Crippen LogP contribution in [0.15, 0.2) is 0 Å². The lowest BCUT2D eigenvalue weighted by atomic mass is 10.2. The van der Waals surface area contributed by atoms with Gasteiger partial charge in [0.2, 0.25) is 0 Å². The largest absolute Gasteiger partial charge is 0.478 e. The lowest BCUT2D eigenvalue weighted by Crippen LogP contribution is -2.16. The third-order valence-electron chi connectivity index (χ3n) is 1.38. The van der Waals surface area contributed by atoms with E-state index in [-0.39, 0.29) is 31.1 Å². The van der Waals surface area contributed by atoms with Gasteiger partial charge in [0.15, 0.2) is 0 Å². The van der Waals surface area contributed by atoms with E-state index in [1.165, 1.54) is 0 Å². The molecule has 0 aromatic carbocycles. The Kier molecular flexibility index (Phi) is 11.4. The first-order chi connectivity index (χ1) is 8.15. The molecule has 9 heteroatoms. The fraction of sp³-hybridized carbons (Fsp3) is 0.667. The highest BCUT2D eigenvalue weighted by molar-refractivity contribution is 6.75. The lowest BCUT2D eigenvalue weighted by Gasteiger charge is -1.99. The number of carbonyl (C=O) groups excluding carboxylic acids is 2. The van der Waals surface area contributed by atoms with Gasteiger partial charge in [-0.1, -0.05) is 34.8 Å². The zero-order valence-corrected chi connectivity index (χ0v) is 11.9.